The molecular formula is C26H55O5PS. The fourth-order valence-corrected chi connectivity index (χ4v) is 5.75. The van der Waals surface area contributed by atoms with Gasteiger partial charge >= 0.3 is 7.82 Å². The predicted molar refractivity (Wildman–Crippen MR) is 144 cm³/mol. The van der Waals surface area contributed by atoms with E-state index in [0.29, 0.717) is 18.3 Å². The molecule has 0 aromatic heterocycles. The first kappa shape index (κ1) is 33.4. The van der Waals surface area contributed by atoms with Crippen molar-refractivity contribution < 1.29 is 23.6 Å². The minimum absolute atomic E-state index is 0.0323. The largest absolute Gasteiger partial charge is 0.469 e. The zero-order valence-electron chi connectivity index (χ0n) is 22.0. The summed E-state index contributed by atoms with van der Waals surface area (Å²) in [5, 5.41) is 0.498. The number of hydrogen-bond acceptors (Lipinski definition) is 4. The number of ether oxygens (including phenoxy) is 1. The summed E-state index contributed by atoms with van der Waals surface area (Å²) in [6.07, 6.45) is 23.5. The van der Waals surface area contributed by atoms with E-state index in [9.17, 15) is 4.57 Å². The van der Waals surface area contributed by atoms with Crippen molar-refractivity contribution in [3.63, 3.8) is 0 Å². The molecule has 200 valence electrons. The van der Waals surface area contributed by atoms with E-state index in [0.717, 1.165) is 0 Å². The van der Waals surface area contributed by atoms with Crippen LogP contribution < -0.4 is 0 Å². The summed E-state index contributed by atoms with van der Waals surface area (Å²) < 4.78 is 21.3. The molecule has 5 nitrogen and oxygen atoms in total. The Labute approximate surface area is 209 Å². The van der Waals surface area contributed by atoms with Crippen LogP contribution in [0.15, 0.2) is 0 Å². The van der Waals surface area contributed by atoms with E-state index in [2.05, 4.69) is 37.1 Å². The van der Waals surface area contributed by atoms with E-state index in [-0.39, 0.29) is 12.7 Å². The molecular weight excluding hydrogens is 455 g/mol. The van der Waals surface area contributed by atoms with Gasteiger partial charge in [-0.25, -0.2) is 4.57 Å². The average Bonchev–Trinajstić information content (AvgIpc) is 2.77. The van der Waals surface area contributed by atoms with Crippen molar-refractivity contribution in [2.75, 3.05) is 19.0 Å². The van der Waals surface area contributed by atoms with Crippen molar-refractivity contribution in [1.82, 2.24) is 0 Å². The van der Waals surface area contributed by atoms with Gasteiger partial charge in [0, 0.05) is 11.9 Å². The number of phosphoric ester groups is 1. The number of hydrogen-bond donors (Lipinski definition) is 2. The molecule has 0 bridgehead atoms. The minimum atomic E-state index is -4.37. The molecule has 0 radical (unpaired) electrons. The van der Waals surface area contributed by atoms with Crippen LogP contribution in [0.2, 0.25) is 0 Å². The molecule has 33 heavy (non-hydrogen) atoms. The third-order valence-electron chi connectivity index (χ3n) is 6.12. The fourth-order valence-electron chi connectivity index (χ4n) is 4.02. The Morgan fingerprint density at radius 2 is 1.18 bits per heavy atom. The first-order chi connectivity index (χ1) is 15.9. The third-order valence-corrected chi connectivity index (χ3v) is 8.21. The van der Waals surface area contributed by atoms with Gasteiger partial charge in [0.25, 0.3) is 0 Å². The minimum Gasteiger partial charge on any atom is -0.377 e. The Hall–Kier alpha value is 0.420. The van der Waals surface area contributed by atoms with Crippen LogP contribution in [0.5, 0.6) is 0 Å². The van der Waals surface area contributed by atoms with Gasteiger partial charge in [0.1, 0.15) is 0 Å². The zero-order chi connectivity index (χ0) is 24.6. The molecule has 0 saturated carbocycles. The zero-order valence-corrected chi connectivity index (χ0v) is 23.7. The predicted octanol–water partition coefficient (Wildman–Crippen LogP) is 8.66. The van der Waals surface area contributed by atoms with E-state index in [1.807, 2.05) is 0 Å². The van der Waals surface area contributed by atoms with Crippen molar-refractivity contribution >= 4 is 19.6 Å². The summed E-state index contributed by atoms with van der Waals surface area (Å²) in [6, 6.07) is 0. The summed E-state index contributed by atoms with van der Waals surface area (Å²) in [5.41, 5.74) is 0. The highest BCUT2D eigenvalue weighted by atomic mass is 32.2. The van der Waals surface area contributed by atoms with Crippen LogP contribution in [0.4, 0.5) is 0 Å². The standard InChI is InChI=1S/C26H55O5PS/c1-4-6-8-10-11-12-13-14-15-17-19-24-33-26(21-18-16-9-7-5-2)25(3)30-22-20-23-31-32(27,28)29/h25-26H,4-24H2,1-3H3,(H2,27,28,29). The Bertz CT molecular complexity index is 446. The summed E-state index contributed by atoms with van der Waals surface area (Å²) in [4.78, 5) is 17.5. The maximum absolute atomic E-state index is 10.8. The van der Waals surface area contributed by atoms with Crippen molar-refractivity contribution in [3.05, 3.63) is 0 Å². The molecule has 0 heterocycles. The lowest BCUT2D eigenvalue weighted by Gasteiger charge is -2.24. The molecule has 2 atom stereocenters. The molecule has 7 heteroatoms. The Balaban J connectivity index is 3.97. The van der Waals surface area contributed by atoms with E-state index < -0.39 is 7.82 Å². The molecule has 0 aromatic carbocycles. The number of rotatable bonds is 26. The molecule has 0 aliphatic heterocycles. The van der Waals surface area contributed by atoms with Gasteiger partial charge in [-0.2, -0.15) is 11.8 Å². The van der Waals surface area contributed by atoms with Gasteiger partial charge in [0.2, 0.25) is 0 Å². The lowest BCUT2D eigenvalue weighted by molar-refractivity contribution is 0.0521. The Morgan fingerprint density at radius 1 is 0.697 bits per heavy atom. The van der Waals surface area contributed by atoms with E-state index in [1.165, 1.54) is 115 Å². The lowest BCUT2D eigenvalue weighted by atomic mass is 10.1. The van der Waals surface area contributed by atoms with Crippen molar-refractivity contribution in [2.45, 2.75) is 148 Å². The van der Waals surface area contributed by atoms with E-state index >= 15 is 0 Å². The smallest absolute Gasteiger partial charge is 0.377 e. The molecule has 0 aliphatic carbocycles. The number of phosphoric acid groups is 1. The molecule has 0 rings (SSSR count). The third kappa shape index (κ3) is 25.3. The van der Waals surface area contributed by atoms with Gasteiger partial charge in [-0.1, -0.05) is 110 Å². The van der Waals surface area contributed by atoms with Crippen LogP contribution in [0.3, 0.4) is 0 Å². The average molecular weight is 511 g/mol. The SMILES string of the molecule is CCCCCCCCCCCCCSC(CCCCCCC)C(C)OCCCOP(=O)(O)O. The highest BCUT2D eigenvalue weighted by molar-refractivity contribution is 7.99. The second kappa shape index (κ2) is 24.1. The Morgan fingerprint density at radius 3 is 1.70 bits per heavy atom. The van der Waals surface area contributed by atoms with Crippen LogP contribution in [-0.2, 0) is 13.8 Å². The van der Waals surface area contributed by atoms with Gasteiger partial charge in [-0.3, -0.25) is 4.52 Å². The normalized spacial score (nSPS) is 14.0. The second-order valence-corrected chi connectivity index (χ2v) is 12.0. The maximum atomic E-state index is 10.8. The molecule has 0 amide bonds. The van der Waals surface area contributed by atoms with E-state index in [1.54, 1.807) is 0 Å². The quantitative estimate of drug-likeness (QED) is 0.0895. The van der Waals surface area contributed by atoms with Crippen LogP contribution in [0, 0.1) is 0 Å². The number of thioether (sulfide) groups is 1. The second-order valence-electron chi connectivity index (χ2n) is 9.40. The van der Waals surface area contributed by atoms with Crippen LogP contribution in [0.1, 0.15) is 136 Å². The van der Waals surface area contributed by atoms with Crippen molar-refractivity contribution in [2.24, 2.45) is 0 Å². The lowest BCUT2D eigenvalue weighted by Crippen LogP contribution is -2.24. The molecule has 0 fully saturated rings. The highest BCUT2D eigenvalue weighted by Crippen LogP contribution is 2.35. The van der Waals surface area contributed by atoms with Gasteiger partial charge in [-0.15, -0.1) is 0 Å². The summed E-state index contributed by atoms with van der Waals surface area (Å²) in [7, 11) is -4.37. The molecule has 2 unspecified atom stereocenters. The molecule has 0 saturated heterocycles. The van der Waals surface area contributed by atoms with Gasteiger partial charge in [0.15, 0.2) is 0 Å². The first-order valence-corrected chi connectivity index (χ1v) is 16.4. The maximum Gasteiger partial charge on any atom is 0.469 e. The highest BCUT2D eigenvalue weighted by Gasteiger charge is 2.18. The summed E-state index contributed by atoms with van der Waals surface area (Å²) in [6.45, 7) is 7.18. The van der Waals surface area contributed by atoms with Gasteiger partial charge < -0.3 is 14.5 Å². The summed E-state index contributed by atoms with van der Waals surface area (Å²) >= 11 is 2.06. The first-order valence-electron chi connectivity index (χ1n) is 13.8. The van der Waals surface area contributed by atoms with Gasteiger partial charge in [-0.05, 0) is 31.9 Å². The monoisotopic (exact) mass is 510 g/mol. The van der Waals surface area contributed by atoms with Crippen molar-refractivity contribution in [1.29, 1.82) is 0 Å². The molecule has 0 aromatic rings. The summed E-state index contributed by atoms with van der Waals surface area (Å²) in [5.74, 6) is 1.20. The van der Waals surface area contributed by atoms with E-state index in [4.69, 9.17) is 14.5 Å². The van der Waals surface area contributed by atoms with Crippen LogP contribution in [-0.4, -0.2) is 40.1 Å². The molecule has 2 N–H and O–H groups in total. The fraction of sp³-hybridized carbons (Fsp3) is 1.00. The van der Waals surface area contributed by atoms with Crippen LogP contribution >= 0.6 is 19.6 Å². The topological polar surface area (TPSA) is 76.0 Å². The van der Waals surface area contributed by atoms with Crippen molar-refractivity contribution in [3.8, 4) is 0 Å². The molecule has 0 aliphatic rings. The van der Waals surface area contributed by atoms with Gasteiger partial charge in [0.05, 0.1) is 12.7 Å². The number of unbranched alkanes of at least 4 members (excludes halogenated alkanes) is 14. The molecule has 0 spiro atoms. The Kier molecular flexibility index (Phi) is 24.4. The van der Waals surface area contributed by atoms with Crippen LogP contribution in [0.25, 0.3) is 0 Å².